The molecule has 0 fully saturated rings. The van der Waals surface area contributed by atoms with E-state index in [2.05, 4.69) is 17.5 Å². The minimum absolute atomic E-state index is 1.75. The van der Waals surface area contributed by atoms with E-state index >= 15 is 0 Å². The summed E-state index contributed by atoms with van der Waals surface area (Å²) >= 11 is 0. The number of aromatic nitrogens is 2. The van der Waals surface area contributed by atoms with E-state index in [1.54, 1.807) is 24.8 Å². The van der Waals surface area contributed by atoms with E-state index < -0.39 is 7.47 Å². The smallest absolute Gasteiger partial charge is 0.258 e. The van der Waals surface area contributed by atoms with Crippen LogP contribution in [0.1, 0.15) is 0 Å². The lowest BCUT2D eigenvalue weighted by atomic mass is 10.5. The van der Waals surface area contributed by atoms with Gasteiger partial charge in [-0.2, -0.15) is 0 Å². The van der Waals surface area contributed by atoms with Crippen molar-refractivity contribution in [2.75, 3.05) is 0 Å². The predicted octanol–water partition coefficient (Wildman–Crippen LogP) is 1.41. The molecule has 0 bridgehead atoms. The Balaban J connectivity index is 0.000000228. The van der Waals surface area contributed by atoms with E-state index in [-0.39, 0.29) is 0 Å². The molecule has 2 N–H and O–H groups in total. The average Bonchev–Trinajstić information content (AvgIpc) is 2.32. The largest absolute Gasteiger partial charge is 0.333 e. The molecule has 0 amide bonds. The average molecular weight is 250 g/mol. The van der Waals surface area contributed by atoms with Gasteiger partial charge in [-0.05, 0) is 24.3 Å². The molecule has 2 rings (SSSR count). The summed E-state index contributed by atoms with van der Waals surface area (Å²) in [6.45, 7) is 0. The van der Waals surface area contributed by atoms with Gasteiger partial charge in [0.15, 0.2) is 0 Å². The predicted molar refractivity (Wildman–Crippen MR) is 66.3 cm³/mol. The zero-order valence-electron chi connectivity index (χ0n) is 9.00. The Morgan fingerprint density at radius 3 is 1.06 bits per heavy atom. The van der Waals surface area contributed by atoms with Gasteiger partial charge >= 0.3 is 0 Å². The van der Waals surface area contributed by atoms with Crippen molar-refractivity contribution in [3.63, 3.8) is 0 Å². The minimum Gasteiger partial charge on any atom is -0.333 e. The molecule has 0 spiro atoms. The maximum absolute atomic E-state index is 9.10. The fourth-order valence-electron chi connectivity index (χ4n) is 0.625. The molecule has 17 heavy (non-hydrogen) atoms. The van der Waals surface area contributed by atoms with Crippen molar-refractivity contribution in [1.82, 2.24) is 9.97 Å². The SMILES string of the molecule is [B]P(=O)(O)O.c1ccncc1.c1ccncc1. The van der Waals surface area contributed by atoms with Crippen molar-refractivity contribution in [2.45, 2.75) is 0 Å². The first-order valence-corrected chi connectivity index (χ1v) is 6.22. The van der Waals surface area contributed by atoms with Crippen molar-refractivity contribution < 1.29 is 14.4 Å². The second kappa shape index (κ2) is 9.72. The van der Waals surface area contributed by atoms with Crippen LogP contribution in [0.3, 0.4) is 0 Å². The quantitative estimate of drug-likeness (QED) is 0.545. The zero-order chi connectivity index (χ0) is 13.0. The van der Waals surface area contributed by atoms with E-state index in [0.717, 1.165) is 0 Å². The highest BCUT2D eigenvalue weighted by atomic mass is 31.2. The maximum atomic E-state index is 9.10. The van der Waals surface area contributed by atoms with E-state index in [1.165, 1.54) is 0 Å². The summed E-state index contributed by atoms with van der Waals surface area (Å²) in [7, 11) is -0.118. The summed E-state index contributed by atoms with van der Waals surface area (Å²) in [5.74, 6) is 0. The lowest BCUT2D eigenvalue weighted by molar-refractivity contribution is 0.395. The molecule has 0 aliphatic heterocycles. The van der Waals surface area contributed by atoms with Crippen LogP contribution >= 0.6 is 7.47 Å². The Morgan fingerprint density at radius 2 is 1.00 bits per heavy atom. The summed E-state index contributed by atoms with van der Waals surface area (Å²) in [5.41, 5.74) is 0. The summed E-state index contributed by atoms with van der Waals surface area (Å²) in [5, 5.41) is 0. The molecule has 0 saturated carbocycles. The Kier molecular flexibility index (Phi) is 8.87. The highest BCUT2D eigenvalue weighted by Gasteiger charge is 1.95. The number of hydrogen-bond donors (Lipinski definition) is 2. The molecular formula is C10H12BN2O3P. The van der Waals surface area contributed by atoms with E-state index in [1.807, 2.05) is 36.4 Å². The summed E-state index contributed by atoms with van der Waals surface area (Å²) < 4.78 is 9.10. The minimum atomic E-state index is -4.14. The van der Waals surface area contributed by atoms with Gasteiger partial charge in [0.1, 0.15) is 0 Å². The summed E-state index contributed by atoms with van der Waals surface area (Å²) in [4.78, 5) is 22.4. The van der Waals surface area contributed by atoms with E-state index in [0.29, 0.717) is 0 Å². The third-order valence-corrected chi connectivity index (χ3v) is 1.13. The summed E-state index contributed by atoms with van der Waals surface area (Å²) in [6.07, 6.45) is 7.00. The van der Waals surface area contributed by atoms with Crippen molar-refractivity contribution in [2.24, 2.45) is 0 Å². The molecule has 0 atom stereocenters. The molecular weight excluding hydrogens is 238 g/mol. The topological polar surface area (TPSA) is 83.3 Å². The van der Waals surface area contributed by atoms with Crippen molar-refractivity contribution >= 4 is 15.0 Å². The molecule has 2 aromatic heterocycles. The Labute approximate surface area is 101 Å². The normalized spacial score (nSPS) is 9.06. The number of hydrogen-bond acceptors (Lipinski definition) is 3. The molecule has 2 radical (unpaired) electrons. The second-order valence-corrected chi connectivity index (χ2v) is 3.82. The van der Waals surface area contributed by atoms with Crippen LogP contribution in [0, 0.1) is 0 Å². The van der Waals surface area contributed by atoms with Gasteiger partial charge in [-0.25, -0.2) is 0 Å². The van der Waals surface area contributed by atoms with Crippen LogP contribution in [-0.4, -0.2) is 27.3 Å². The third-order valence-electron chi connectivity index (χ3n) is 1.13. The number of nitrogens with zero attached hydrogens (tertiary/aromatic N) is 2. The van der Waals surface area contributed by atoms with Crippen LogP contribution in [0.5, 0.6) is 0 Å². The fraction of sp³-hybridized carbons (Fsp3) is 0. The molecule has 2 aromatic rings. The van der Waals surface area contributed by atoms with Crippen LogP contribution in [0.15, 0.2) is 61.2 Å². The first-order valence-electron chi connectivity index (χ1n) is 4.54. The second-order valence-electron chi connectivity index (χ2n) is 2.64. The molecule has 0 aliphatic carbocycles. The standard InChI is InChI=1S/2C5H5N.BH2O3P/c2*1-2-4-6-5-3-1;1-5(2,3)4/h2*1-5H;(H2,2,3,4). The van der Waals surface area contributed by atoms with Crippen LogP contribution in [0.4, 0.5) is 0 Å². The first kappa shape index (κ1) is 15.5. The van der Waals surface area contributed by atoms with Gasteiger partial charge in [0.05, 0.1) is 0 Å². The number of rotatable bonds is 0. The Morgan fingerprint density at radius 1 is 0.765 bits per heavy atom. The Hall–Kier alpha value is -1.49. The van der Waals surface area contributed by atoms with Gasteiger partial charge in [-0.3, -0.25) is 14.5 Å². The van der Waals surface area contributed by atoms with Crippen LogP contribution in [0.2, 0.25) is 0 Å². The van der Waals surface area contributed by atoms with Crippen LogP contribution in [-0.2, 0) is 4.57 Å². The molecule has 5 nitrogen and oxygen atoms in total. The first-order chi connectivity index (χ1) is 8.00. The monoisotopic (exact) mass is 250 g/mol. The van der Waals surface area contributed by atoms with Crippen molar-refractivity contribution in [3.8, 4) is 0 Å². The van der Waals surface area contributed by atoms with Crippen molar-refractivity contribution in [1.29, 1.82) is 0 Å². The van der Waals surface area contributed by atoms with Crippen LogP contribution in [0.25, 0.3) is 0 Å². The van der Waals surface area contributed by atoms with Crippen LogP contribution < -0.4 is 0 Å². The molecule has 88 valence electrons. The molecule has 0 aromatic carbocycles. The molecule has 7 heteroatoms. The number of pyridine rings is 2. The third kappa shape index (κ3) is 20.6. The van der Waals surface area contributed by atoms with Gasteiger partial charge in [-0.15, -0.1) is 0 Å². The molecule has 0 aliphatic rings. The highest BCUT2D eigenvalue weighted by Crippen LogP contribution is 2.24. The molecule has 0 saturated heterocycles. The maximum Gasteiger partial charge on any atom is 0.258 e. The van der Waals surface area contributed by atoms with Gasteiger partial charge in [0.2, 0.25) is 7.57 Å². The van der Waals surface area contributed by atoms with E-state index in [9.17, 15) is 0 Å². The fourth-order valence-corrected chi connectivity index (χ4v) is 0.625. The van der Waals surface area contributed by atoms with Gasteiger partial charge in [0, 0.05) is 24.8 Å². The van der Waals surface area contributed by atoms with Gasteiger partial charge < -0.3 is 9.79 Å². The Bertz CT molecular complexity index is 317. The zero-order valence-corrected chi connectivity index (χ0v) is 9.89. The lowest BCUT2D eigenvalue weighted by Crippen LogP contribution is -1.67. The van der Waals surface area contributed by atoms with Gasteiger partial charge in [-0.1, -0.05) is 12.1 Å². The van der Waals surface area contributed by atoms with E-state index in [4.69, 9.17) is 14.4 Å². The van der Waals surface area contributed by atoms with Crippen molar-refractivity contribution in [3.05, 3.63) is 61.2 Å². The molecule has 0 unspecified atom stereocenters. The summed E-state index contributed by atoms with van der Waals surface area (Å²) in [6, 6.07) is 11.4. The molecule has 2 heterocycles. The highest BCUT2D eigenvalue weighted by molar-refractivity contribution is 7.77. The van der Waals surface area contributed by atoms with Gasteiger partial charge in [0.25, 0.3) is 7.47 Å². The lowest BCUT2D eigenvalue weighted by Gasteiger charge is -1.85.